The summed E-state index contributed by atoms with van der Waals surface area (Å²) in [6.07, 6.45) is 0.352. The molecule has 6 heteroatoms. The van der Waals surface area contributed by atoms with Crippen molar-refractivity contribution >= 4 is 23.4 Å². The monoisotopic (exact) mass is 447 g/mol. The standard InChI is InChI=1S/C27H33N3O3/c1-18-9-14-25-23(16-18)24(17-19(2)30(25)20(3)31)29-22-12-10-21(11-13-22)8-7-15-28-26(32)33-27(4,5)6/h9-14,16,19,24,29H,15,17H2,1-6H3,(H,28,32)/t19-,24+/m0/s1. The summed E-state index contributed by atoms with van der Waals surface area (Å²) in [5.74, 6) is 6.05. The number of carbonyl (C=O) groups is 2. The number of rotatable bonds is 3. The van der Waals surface area contributed by atoms with Gasteiger partial charge in [-0.1, -0.05) is 29.5 Å². The molecule has 1 aliphatic heterocycles. The topological polar surface area (TPSA) is 70.7 Å². The number of fused-ring (bicyclic) bond motifs is 1. The predicted molar refractivity (Wildman–Crippen MR) is 132 cm³/mol. The second-order valence-electron chi connectivity index (χ2n) is 9.47. The normalized spacial score (nSPS) is 17.3. The van der Waals surface area contributed by atoms with Crippen LogP contribution in [0.15, 0.2) is 42.5 Å². The van der Waals surface area contributed by atoms with Crippen molar-refractivity contribution in [1.29, 1.82) is 0 Å². The Morgan fingerprint density at radius 1 is 1.15 bits per heavy atom. The van der Waals surface area contributed by atoms with E-state index in [1.54, 1.807) is 6.92 Å². The molecular weight excluding hydrogens is 414 g/mol. The first-order chi connectivity index (χ1) is 15.5. The van der Waals surface area contributed by atoms with Crippen LogP contribution in [0.2, 0.25) is 0 Å². The summed E-state index contributed by atoms with van der Waals surface area (Å²) in [4.78, 5) is 25.8. The van der Waals surface area contributed by atoms with Gasteiger partial charge in [0.15, 0.2) is 0 Å². The molecule has 0 aliphatic carbocycles. The largest absolute Gasteiger partial charge is 0.444 e. The van der Waals surface area contributed by atoms with Crippen LogP contribution in [-0.2, 0) is 9.53 Å². The Morgan fingerprint density at radius 2 is 1.85 bits per heavy atom. The van der Waals surface area contributed by atoms with Crippen LogP contribution in [0.3, 0.4) is 0 Å². The number of anilines is 2. The molecule has 0 saturated carbocycles. The van der Waals surface area contributed by atoms with E-state index in [1.165, 1.54) is 5.56 Å². The first-order valence-corrected chi connectivity index (χ1v) is 11.3. The van der Waals surface area contributed by atoms with Crippen molar-refractivity contribution in [3.63, 3.8) is 0 Å². The fourth-order valence-electron chi connectivity index (χ4n) is 4.03. The fraction of sp³-hybridized carbons (Fsp3) is 0.407. The summed E-state index contributed by atoms with van der Waals surface area (Å²) in [5.41, 5.74) is 4.62. The smallest absolute Gasteiger partial charge is 0.408 e. The number of hydrogen-bond acceptors (Lipinski definition) is 4. The van der Waals surface area contributed by atoms with Crippen molar-refractivity contribution in [3.05, 3.63) is 59.2 Å². The second kappa shape index (κ2) is 9.99. The number of amides is 2. The molecule has 1 aliphatic rings. The van der Waals surface area contributed by atoms with E-state index < -0.39 is 11.7 Å². The minimum Gasteiger partial charge on any atom is -0.444 e. The van der Waals surface area contributed by atoms with Crippen LogP contribution in [-0.4, -0.2) is 30.2 Å². The zero-order valence-electron chi connectivity index (χ0n) is 20.3. The van der Waals surface area contributed by atoms with Gasteiger partial charge in [-0.3, -0.25) is 4.79 Å². The quantitative estimate of drug-likeness (QED) is 0.637. The van der Waals surface area contributed by atoms with Crippen molar-refractivity contribution in [2.75, 3.05) is 16.8 Å². The van der Waals surface area contributed by atoms with Gasteiger partial charge in [-0.05, 0) is 76.9 Å². The van der Waals surface area contributed by atoms with E-state index in [-0.39, 0.29) is 24.5 Å². The summed E-state index contributed by atoms with van der Waals surface area (Å²) in [6, 6.07) is 14.4. The Hall–Kier alpha value is -3.46. The minimum atomic E-state index is -0.528. The van der Waals surface area contributed by atoms with Gasteiger partial charge in [0.05, 0.1) is 12.6 Å². The van der Waals surface area contributed by atoms with Crippen molar-refractivity contribution in [1.82, 2.24) is 5.32 Å². The molecule has 2 N–H and O–H groups in total. The molecule has 2 aromatic carbocycles. The molecule has 6 nitrogen and oxygen atoms in total. The van der Waals surface area contributed by atoms with Gasteiger partial charge in [-0.15, -0.1) is 0 Å². The van der Waals surface area contributed by atoms with E-state index >= 15 is 0 Å². The first kappa shape index (κ1) is 24.2. The van der Waals surface area contributed by atoms with Gasteiger partial charge in [0, 0.05) is 29.9 Å². The Labute approximate surface area is 196 Å². The third kappa shape index (κ3) is 6.52. The number of benzene rings is 2. The van der Waals surface area contributed by atoms with E-state index in [0.29, 0.717) is 0 Å². The van der Waals surface area contributed by atoms with Gasteiger partial charge in [0.2, 0.25) is 5.91 Å². The molecule has 0 radical (unpaired) electrons. The lowest BCUT2D eigenvalue weighted by molar-refractivity contribution is -0.117. The molecule has 2 amide bonds. The minimum absolute atomic E-state index is 0.0649. The van der Waals surface area contributed by atoms with Crippen molar-refractivity contribution in [2.45, 2.75) is 65.6 Å². The maximum Gasteiger partial charge on any atom is 0.408 e. The third-order valence-electron chi connectivity index (χ3n) is 5.35. The SMILES string of the molecule is CC(=O)N1c2ccc(C)cc2[C@H](Nc2ccc(C#CCNC(=O)OC(C)(C)C)cc2)C[C@@H]1C. The number of ether oxygens (including phenoxy) is 1. The van der Waals surface area contributed by atoms with E-state index in [1.807, 2.05) is 56.0 Å². The molecule has 1 heterocycles. The van der Waals surface area contributed by atoms with Crippen LogP contribution < -0.4 is 15.5 Å². The first-order valence-electron chi connectivity index (χ1n) is 11.3. The van der Waals surface area contributed by atoms with E-state index in [9.17, 15) is 9.59 Å². The van der Waals surface area contributed by atoms with Crippen LogP contribution in [0.4, 0.5) is 16.2 Å². The highest BCUT2D eigenvalue weighted by Gasteiger charge is 2.32. The Bertz CT molecular complexity index is 1070. The average Bonchev–Trinajstić information content (AvgIpc) is 2.71. The fourth-order valence-corrected chi connectivity index (χ4v) is 4.03. The van der Waals surface area contributed by atoms with Gasteiger partial charge in [-0.2, -0.15) is 0 Å². The molecule has 0 fully saturated rings. The molecular formula is C27H33N3O3. The number of alkyl carbamates (subject to hydrolysis) is 1. The molecule has 33 heavy (non-hydrogen) atoms. The molecule has 0 unspecified atom stereocenters. The highest BCUT2D eigenvalue weighted by Crippen LogP contribution is 2.39. The van der Waals surface area contributed by atoms with Crippen molar-refractivity contribution < 1.29 is 14.3 Å². The van der Waals surface area contributed by atoms with Crippen LogP contribution in [0.25, 0.3) is 0 Å². The zero-order chi connectivity index (χ0) is 24.2. The van der Waals surface area contributed by atoms with Gasteiger partial charge >= 0.3 is 6.09 Å². The molecule has 174 valence electrons. The van der Waals surface area contributed by atoms with Crippen LogP contribution in [0.1, 0.15) is 63.8 Å². The lowest BCUT2D eigenvalue weighted by Gasteiger charge is -2.39. The lowest BCUT2D eigenvalue weighted by atomic mass is 9.90. The van der Waals surface area contributed by atoms with Gasteiger partial charge in [0.1, 0.15) is 5.60 Å². The third-order valence-corrected chi connectivity index (χ3v) is 5.35. The number of hydrogen-bond donors (Lipinski definition) is 2. The maximum absolute atomic E-state index is 12.2. The number of carbonyl (C=O) groups excluding carboxylic acids is 2. The predicted octanol–water partition coefficient (Wildman–Crippen LogP) is 5.17. The molecule has 2 aromatic rings. The Morgan fingerprint density at radius 3 is 2.48 bits per heavy atom. The van der Waals surface area contributed by atoms with Crippen molar-refractivity contribution in [3.8, 4) is 11.8 Å². The molecule has 3 rings (SSSR count). The summed E-state index contributed by atoms with van der Waals surface area (Å²) >= 11 is 0. The number of aryl methyl sites for hydroxylation is 1. The van der Waals surface area contributed by atoms with Crippen molar-refractivity contribution in [2.24, 2.45) is 0 Å². The highest BCUT2D eigenvalue weighted by molar-refractivity contribution is 5.93. The lowest BCUT2D eigenvalue weighted by Crippen LogP contribution is -2.43. The molecule has 0 saturated heterocycles. The second-order valence-corrected chi connectivity index (χ2v) is 9.47. The van der Waals surface area contributed by atoms with Crippen LogP contribution in [0.5, 0.6) is 0 Å². The summed E-state index contributed by atoms with van der Waals surface area (Å²) < 4.78 is 5.19. The van der Waals surface area contributed by atoms with E-state index in [4.69, 9.17) is 4.74 Å². The van der Waals surface area contributed by atoms with E-state index in [0.717, 1.165) is 28.9 Å². The molecule has 0 spiro atoms. The van der Waals surface area contributed by atoms with Crippen LogP contribution in [0, 0.1) is 18.8 Å². The van der Waals surface area contributed by atoms with Gasteiger partial charge in [-0.25, -0.2) is 4.79 Å². The summed E-state index contributed by atoms with van der Waals surface area (Å²) in [7, 11) is 0. The molecule has 2 atom stereocenters. The van der Waals surface area contributed by atoms with Gasteiger partial charge < -0.3 is 20.3 Å². The van der Waals surface area contributed by atoms with E-state index in [2.05, 4.69) is 48.5 Å². The van der Waals surface area contributed by atoms with Crippen LogP contribution >= 0.6 is 0 Å². The average molecular weight is 448 g/mol. The maximum atomic E-state index is 12.2. The zero-order valence-corrected chi connectivity index (χ0v) is 20.3. The number of nitrogens with one attached hydrogen (secondary N) is 2. The molecule has 0 aromatic heterocycles. The Kier molecular flexibility index (Phi) is 7.33. The Balaban J connectivity index is 1.66. The summed E-state index contributed by atoms with van der Waals surface area (Å²) in [5, 5.41) is 6.26. The highest BCUT2D eigenvalue weighted by atomic mass is 16.6. The number of nitrogens with zero attached hydrogens (tertiary/aromatic N) is 1. The van der Waals surface area contributed by atoms with Gasteiger partial charge in [0.25, 0.3) is 0 Å². The molecule has 0 bridgehead atoms. The summed E-state index contributed by atoms with van der Waals surface area (Å²) in [6.45, 7) is 11.5.